The third-order valence-electron chi connectivity index (χ3n) is 6.37. The average molecular weight is 330 g/mol. The summed E-state index contributed by atoms with van der Waals surface area (Å²) in [4.78, 5) is 18.7. The number of rotatable bonds is 4. The van der Waals surface area contributed by atoms with Crippen molar-refractivity contribution < 1.29 is 14.6 Å². The Morgan fingerprint density at radius 2 is 2.04 bits per heavy atom. The molecule has 24 heavy (non-hydrogen) atoms. The highest BCUT2D eigenvalue weighted by Crippen LogP contribution is 2.62. The molecular weight excluding hydrogens is 304 g/mol. The first-order chi connectivity index (χ1) is 11.4. The number of aromatic nitrogens is 1. The van der Waals surface area contributed by atoms with Gasteiger partial charge in [-0.05, 0) is 61.8 Å². The van der Waals surface area contributed by atoms with Crippen LogP contribution in [0.3, 0.4) is 0 Å². The highest BCUT2D eigenvalue weighted by molar-refractivity contribution is 5.93. The normalized spacial score (nSPS) is 36.6. The topological polar surface area (TPSA) is 62.7 Å². The van der Waals surface area contributed by atoms with Crippen LogP contribution >= 0.6 is 0 Å². The molecule has 5 heteroatoms. The fourth-order valence-corrected chi connectivity index (χ4v) is 5.88. The number of carbonyl (C=O) groups excluding carboxylic acids is 1. The van der Waals surface area contributed by atoms with Gasteiger partial charge in [-0.1, -0.05) is 0 Å². The molecule has 0 aliphatic heterocycles. The lowest BCUT2D eigenvalue weighted by Gasteiger charge is -2.60. The number of ether oxygens (including phenoxy) is 1. The van der Waals surface area contributed by atoms with Crippen molar-refractivity contribution >= 4 is 11.6 Å². The molecule has 130 valence electrons. The van der Waals surface area contributed by atoms with Crippen LogP contribution in [0.4, 0.5) is 5.69 Å². The predicted octanol–water partition coefficient (Wildman–Crippen LogP) is 2.77. The van der Waals surface area contributed by atoms with Crippen molar-refractivity contribution in [3.63, 3.8) is 0 Å². The Labute approximate surface area is 143 Å². The van der Waals surface area contributed by atoms with Crippen LogP contribution in [-0.2, 0) is 4.79 Å². The van der Waals surface area contributed by atoms with Crippen molar-refractivity contribution in [2.75, 3.05) is 19.1 Å². The first-order valence-electron chi connectivity index (χ1n) is 8.89. The second-order valence-corrected chi connectivity index (χ2v) is 8.37. The molecule has 4 saturated carbocycles. The summed E-state index contributed by atoms with van der Waals surface area (Å²) < 4.78 is 5.07. The molecule has 2 atom stereocenters. The van der Waals surface area contributed by atoms with E-state index < -0.39 is 5.60 Å². The fourth-order valence-electron chi connectivity index (χ4n) is 5.88. The van der Waals surface area contributed by atoms with Gasteiger partial charge in [-0.2, -0.15) is 0 Å². The average Bonchev–Trinajstić information content (AvgIpc) is 2.51. The van der Waals surface area contributed by atoms with Crippen LogP contribution in [0.2, 0.25) is 0 Å². The van der Waals surface area contributed by atoms with E-state index in [0.717, 1.165) is 37.8 Å². The SMILES string of the molecule is COc1ccc(N(C)C(=O)CC23C[C@H]4C[C@@H](CC(O)(C4)C2)C3)cn1. The smallest absolute Gasteiger partial charge is 0.227 e. The molecule has 0 spiro atoms. The van der Waals surface area contributed by atoms with Crippen LogP contribution in [0.15, 0.2) is 18.3 Å². The van der Waals surface area contributed by atoms with E-state index in [1.165, 1.54) is 6.42 Å². The van der Waals surface area contributed by atoms with Crippen molar-refractivity contribution in [2.24, 2.45) is 17.3 Å². The van der Waals surface area contributed by atoms with E-state index in [1.54, 1.807) is 31.3 Å². The highest BCUT2D eigenvalue weighted by atomic mass is 16.5. The largest absolute Gasteiger partial charge is 0.481 e. The van der Waals surface area contributed by atoms with Gasteiger partial charge in [0.05, 0.1) is 24.6 Å². The Balaban J connectivity index is 1.49. The maximum atomic E-state index is 12.9. The van der Waals surface area contributed by atoms with Crippen molar-refractivity contribution in [3.8, 4) is 5.88 Å². The molecule has 1 N–H and O–H groups in total. The van der Waals surface area contributed by atoms with Crippen LogP contribution in [-0.4, -0.2) is 35.8 Å². The first kappa shape index (κ1) is 15.9. The lowest BCUT2D eigenvalue weighted by molar-refractivity contribution is -0.168. The molecule has 1 aromatic heterocycles. The van der Waals surface area contributed by atoms with Gasteiger partial charge in [0.15, 0.2) is 0 Å². The third kappa shape index (κ3) is 2.69. The summed E-state index contributed by atoms with van der Waals surface area (Å²) in [7, 11) is 3.38. The molecule has 4 aliphatic carbocycles. The molecule has 0 saturated heterocycles. The molecule has 0 unspecified atom stereocenters. The van der Waals surface area contributed by atoms with Gasteiger partial charge < -0.3 is 14.7 Å². The minimum absolute atomic E-state index is 0.00404. The Morgan fingerprint density at radius 1 is 1.33 bits per heavy atom. The van der Waals surface area contributed by atoms with Gasteiger partial charge in [0.25, 0.3) is 0 Å². The summed E-state index contributed by atoms with van der Waals surface area (Å²) in [5.41, 5.74) is 0.276. The molecule has 5 rings (SSSR count). The summed E-state index contributed by atoms with van der Waals surface area (Å²) in [6.07, 6.45) is 8.34. The molecule has 0 aromatic carbocycles. The monoisotopic (exact) mass is 330 g/mol. The van der Waals surface area contributed by atoms with Crippen LogP contribution in [0.5, 0.6) is 5.88 Å². The molecular formula is C19H26N2O3. The number of methoxy groups -OCH3 is 1. The van der Waals surface area contributed by atoms with E-state index in [4.69, 9.17) is 4.74 Å². The van der Waals surface area contributed by atoms with E-state index in [2.05, 4.69) is 4.98 Å². The summed E-state index contributed by atoms with van der Waals surface area (Å²) >= 11 is 0. The van der Waals surface area contributed by atoms with Gasteiger partial charge in [0.1, 0.15) is 0 Å². The van der Waals surface area contributed by atoms with Gasteiger partial charge in [-0.25, -0.2) is 4.98 Å². The maximum absolute atomic E-state index is 12.9. The number of nitrogens with zero attached hydrogens (tertiary/aromatic N) is 2. The van der Waals surface area contributed by atoms with Gasteiger partial charge >= 0.3 is 0 Å². The van der Waals surface area contributed by atoms with Crippen LogP contribution < -0.4 is 9.64 Å². The number of pyridine rings is 1. The van der Waals surface area contributed by atoms with Gasteiger partial charge in [0, 0.05) is 19.5 Å². The Morgan fingerprint density at radius 3 is 2.58 bits per heavy atom. The minimum atomic E-state index is -0.509. The molecule has 0 radical (unpaired) electrons. The van der Waals surface area contributed by atoms with E-state index in [9.17, 15) is 9.90 Å². The van der Waals surface area contributed by atoms with E-state index in [-0.39, 0.29) is 11.3 Å². The fraction of sp³-hybridized carbons (Fsp3) is 0.684. The molecule has 1 amide bonds. The van der Waals surface area contributed by atoms with Gasteiger partial charge in [0.2, 0.25) is 11.8 Å². The highest BCUT2D eigenvalue weighted by Gasteiger charge is 2.57. The molecule has 4 aliphatic rings. The van der Waals surface area contributed by atoms with E-state index >= 15 is 0 Å². The lowest BCUT2D eigenvalue weighted by Crippen LogP contribution is -2.56. The first-order valence-corrected chi connectivity index (χ1v) is 8.89. The lowest BCUT2D eigenvalue weighted by atomic mass is 9.47. The number of aliphatic hydroxyl groups is 1. The second-order valence-electron chi connectivity index (χ2n) is 8.37. The number of hydrogen-bond acceptors (Lipinski definition) is 4. The van der Waals surface area contributed by atoms with Crippen LogP contribution in [0.1, 0.15) is 44.9 Å². The molecule has 5 nitrogen and oxygen atoms in total. The zero-order chi connectivity index (χ0) is 16.9. The van der Waals surface area contributed by atoms with E-state index in [0.29, 0.717) is 24.1 Å². The second kappa shape index (κ2) is 5.45. The van der Waals surface area contributed by atoms with Crippen molar-refractivity contribution in [1.29, 1.82) is 0 Å². The molecule has 1 aromatic rings. The van der Waals surface area contributed by atoms with Crippen molar-refractivity contribution in [1.82, 2.24) is 4.98 Å². The summed E-state index contributed by atoms with van der Waals surface area (Å²) in [6, 6.07) is 3.63. The van der Waals surface area contributed by atoms with Crippen molar-refractivity contribution in [3.05, 3.63) is 18.3 Å². The molecule has 4 fully saturated rings. The number of anilines is 1. The Bertz CT molecular complexity index is 629. The summed E-state index contributed by atoms with van der Waals surface area (Å²) in [5.74, 6) is 1.88. The molecule has 4 bridgehead atoms. The summed E-state index contributed by atoms with van der Waals surface area (Å²) in [5, 5.41) is 10.8. The molecule has 1 heterocycles. The zero-order valence-electron chi connectivity index (χ0n) is 14.5. The number of amides is 1. The third-order valence-corrected chi connectivity index (χ3v) is 6.37. The number of carbonyl (C=O) groups is 1. The predicted molar refractivity (Wildman–Crippen MR) is 90.9 cm³/mol. The number of hydrogen-bond donors (Lipinski definition) is 1. The Kier molecular flexibility index (Phi) is 3.60. The van der Waals surface area contributed by atoms with Gasteiger partial charge in [-0.3, -0.25) is 4.79 Å². The maximum Gasteiger partial charge on any atom is 0.227 e. The minimum Gasteiger partial charge on any atom is -0.481 e. The van der Waals surface area contributed by atoms with Crippen LogP contribution in [0, 0.1) is 17.3 Å². The Hall–Kier alpha value is -1.62. The quantitative estimate of drug-likeness (QED) is 0.922. The van der Waals surface area contributed by atoms with Crippen LogP contribution in [0.25, 0.3) is 0 Å². The van der Waals surface area contributed by atoms with Crippen molar-refractivity contribution in [2.45, 2.75) is 50.5 Å². The summed E-state index contributed by atoms with van der Waals surface area (Å²) in [6.45, 7) is 0. The van der Waals surface area contributed by atoms with E-state index in [1.807, 2.05) is 6.07 Å². The zero-order valence-corrected chi connectivity index (χ0v) is 14.5. The van der Waals surface area contributed by atoms with Gasteiger partial charge in [-0.15, -0.1) is 0 Å². The standard InChI is InChI=1S/C19H26N2O3/c1-21(15-3-4-16(24-2)20-11-15)17(22)10-18-6-13-5-14(7-18)9-19(23,8-13)12-18/h3-4,11,13-14,23H,5-10,12H2,1-2H3/t13-,14-,18?,19?/m1/s1.